The monoisotopic (exact) mass is 644 g/mol. The topological polar surface area (TPSA) is 0 Å². The minimum atomic E-state index is -0.218. The van der Waals surface area contributed by atoms with Crippen LogP contribution in [0.15, 0.2) is 180 Å². The molecule has 10 rings (SSSR count). The molecule has 0 aliphatic carbocycles. The average molecular weight is 645 g/mol. The third-order valence-electron chi connectivity index (χ3n) is 10.3. The van der Waals surface area contributed by atoms with Gasteiger partial charge in [0, 0.05) is 15.7 Å². The number of rotatable bonds is 3. The molecule has 0 spiro atoms. The normalized spacial score (nSPS) is 12.8. The van der Waals surface area contributed by atoms with Crippen LogP contribution in [0, 0.1) is 5.82 Å². The predicted molar refractivity (Wildman–Crippen MR) is 205 cm³/mol. The lowest BCUT2D eigenvalue weighted by atomic mass is 9.78. The van der Waals surface area contributed by atoms with Crippen LogP contribution in [-0.4, -0.2) is 0 Å². The summed E-state index contributed by atoms with van der Waals surface area (Å²) >= 11 is 1.95. The van der Waals surface area contributed by atoms with Crippen LogP contribution in [0.2, 0.25) is 0 Å². The van der Waals surface area contributed by atoms with Crippen LogP contribution < -0.4 is 0 Å². The molecule has 0 bridgehead atoms. The van der Waals surface area contributed by atoms with Crippen molar-refractivity contribution < 1.29 is 4.39 Å². The molecule has 0 atom stereocenters. The second-order valence-corrected chi connectivity index (χ2v) is 13.9. The molecule has 0 radical (unpaired) electrons. The smallest absolute Gasteiger partial charge is 0.123 e. The van der Waals surface area contributed by atoms with Gasteiger partial charge in [0.1, 0.15) is 5.82 Å². The Kier molecular flexibility index (Phi) is 6.47. The molecule has 49 heavy (non-hydrogen) atoms. The van der Waals surface area contributed by atoms with E-state index in [4.69, 9.17) is 0 Å². The van der Waals surface area contributed by atoms with Gasteiger partial charge in [-0.15, -0.1) is 0 Å². The fourth-order valence-corrected chi connectivity index (χ4v) is 9.47. The molecule has 230 valence electrons. The summed E-state index contributed by atoms with van der Waals surface area (Å²) in [5, 5.41) is 10.5. The summed E-state index contributed by atoms with van der Waals surface area (Å²) in [5.74, 6) is -0.171. The highest BCUT2D eigenvalue weighted by molar-refractivity contribution is 8.00. The second kappa shape index (κ2) is 11.2. The van der Waals surface area contributed by atoms with Crippen molar-refractivity contribution >= 4 is 54.9 Å². The first kappa shape index (κ1) is 28.3. The maximum Gasteiger partial charge on any atom is 0.123 e. The lowest BCUT2D eigenvalue weighted by Gasteiger charge is -2.33. The molecule has 1 heterocycles. The van der Waals surface area contributed by atoms with Gasteiger partial charge in [0.25, 0.3) is 0 Å². The Morgan fingerprint density at radius 2 is 0.633 bits per heavy atom. The van der Waals surface area contributed by atoms with Gasteiger partial charge in [0.15, 0.2) is 0 Å². The van der Waals surface area contributed by atoms with Gasteiger partial charge in [-0.25, -0.2) is 4.39 Å². The van der Waals surface area contributed by atoms with Crippen LogP contribution in [0.3, 0.4) is 0 Å². The molecule has 0 fully saturated rings. The summed E-state index contributed by atoms with van der Waals surface area (Å²) < 4.78 is 13.5. The molecule has 9 aromatic rings. The standard InChI is InChI=1S/C47H29FS/c48-34-27-25-32(26-28-34)30-19-17-29(18-20-30)31-21-23-33(24-22-31)43-44-39-13-5-1-9-35(39)37-11-3-7-15-41(37)46(44)49-47-42-16-8-4-12-38(42)36-10-2-6-14-40(36)45(43)47/h1-28,43H. The van der Waals surface area contributed by atoms with Crippen molar-refractivity contribution in [1.29, 1.82) is 0 Å². The summed E-state index contributed by atoms with van der Waals surface area (Å²) in [4.78, 5) is 2.71. The minimum absolute atomic E-state index is 0.0464. The first-order valence-electron chi connectivity index (χ1n) is 16.7. The van der Waals surface area contributed by atoms with Gasteiger partial charge in [-0.2, -0.15) is 0 Å². The van der Waals surface area contributed by atoms with Gasteiger partial charge in [-0.05, 0) is 94.2 Å². The van der Waals surface area contributed by atoms with E-state index < -0.39 is 0 Å². The molecule has 1 aliphatic heterocycles. The van der Waals surface area contributed by atoms with E-state index >= 15 is 0 Å². The van der Waals surface area contributed by atoms with E-state index in [-0.39, 0.29) is 11.7 Å². The molecule has 0 saturated heterocycles. The Bertz CT molecular complexity index is 2600. The van der Waals surface area contributed by atoms with Gasteiger partial charge in [0.2, 0.25) is 0 Å². The van der Waals surface area contributed by atoms with E-state index in [2.05, 4.69) is 146 Å². The zero-order valence-corrected chi connectivity index (χ0v) is 27.3. The molecule has 0 unspecified atom stereocenters. The summed E-state index contributed by atoms with van der Waals surface area (Å²) in [6, 6.07) is 60.2. The average Bonchev–Trinajstić information content (AvgIpc) is 3.18. The molecule has 2 heteroatoms. The van der Waals surface area contributed by atoms with Crippen molar-refractivity contribution in [2.45, 2.75) is 15.7 Å². The Morgan fingerprint density at radius 3 is 1.04 bits per heavy atom. The third-order valence-corrected chi connectivity index (χ3v) is 11.6. The SMILES string of the molecule is Fc1ccc(-c2ccc(-c3ccc(C4c5c(c6ccccc6c6ccccc56)Sc5c4c4ccccc4c4ccccc54)cc3)cc2)cc1. The first-order chi connectivity index (χ1) is 24.2. The van der Waals surface area contributed by atoms with Crippen LogP contribution in [0.25, 0.3) is 65.3 Å². The molecule has 0 aromatic heterocycles. The number of benzene rings is 9. The largest absolute Gasteiger partial charge is 0.207 e. The van der Waals surface area contributed by atoms with Crippen molar-refractivity contribution in [2.75, 3.05) is 0 Å². The number of hydrogen-bond donors (Lipinski definition) is 0. The van der Waals surface area contributed by atoms with Crippen LogP contribution in [-0.2, 0) is 0 Å². The number of hydrogen-bond acceptors (Lipinski definition) is 1. The highest BCUT2D eigenvalue weighted by Crippen LogP contribution is 2.57. The van der Waals surface area contributed by atoms with E-state index in [0.29, 0.717) is 0 Å². The Balaban J connectivity index is 1.21. The molecular formula is C47H29FS. The third kappa shape index (κ3) is 4.45. The fourth-order valence-electron chi connectivity index (χ4n) is 8.01. The predicted octanol–water partition coefficient (Wildman–Crippen LogP) is 13.4. The highest BCUT2D eigenvalue weighted by Gasteiger charge is 2.34. The van der Waals surface area contributed by atoms with Gasteiger partial charge >= 0.3 is 0 Å². The first-order valence-corrected chi connectivity index (χ1v) is 17.6. The molecular weight excluding hydrogens is 616 g/mol. The van der Waals surface area contributed by atoms with Crippen LogP contribution >= 0.6 is 11.8 Å². The van der Waals surface area contributed by atoms with E-state index in [1.165, 1.54) is 87.3 Å². The number of halogens is 1. The highest BCUT2D eigenvalue weighted by atomic mass is 32.2. The van der Waals surface area contributed by atoms with Crippen molar-refractivity contribution in [3.63, 3.8) is 0 Å². The van der Waals surface area contributed by atoms with Gasteiger partial charge in [-0.1, -0.05) is 169 Å². The van der Waals surface area contributed by atoms with Crippen molar-refractivity contribution in [3.05, 3.63) is 192 Å². The van der Waals surface area contributed by atoms with Gasteiger partial charge in [-0.3, -0.25) is 0 Å². The van der Waals surface area contributed by atoms with Crippen molar-refractivity contribution in [3.8, 4) is 22.3 Å². The van der Waals surface area contributed by atoms with Gasteiger partial charge in [0.05, 0.1) is 0 Å². The van der Waals surface area contributed by atoms with E-state index in [1.807, 2.05) is 23.9 Å². The van der Waals surface area contributed by atoms with Crippen LogP contribution in [0.1, 0.15) is 22.6 Å². The van der Waals surface area contributed by atoms with Gasteiger partial charge < -0.3 is 0 Å². The summed E-state index contributed by atoms with van der Waals surface area (Å²) in [7, 11) is 0. The molecule has 0 nitrogen and oxygen atoms in total. The maximum absolute atomic E-state index is 13.5. The summed E-state index contributed by atoms with van der Waals surface area (Å²) in [6.07, 6.45) is 0. The zero-order valence-electron chi connectivity index (χ0n) is 26.5. The maximum atomic E-state index is 13.5. The molecule has 1 aliphatic rings. The fraction of sp³-hybridized carbons (Fsp3) is 0.0213. The Labute approximate surface area is 288 Å². The molecule has 0 saturated carbocycles. The second-order valence-electron chi connectivity index (χ2n) is 12.9. The molecule has 9 aromatic carbocycles. The van der Waals surface area contributed by atoms with Crippen molar-refractivity contribution in [1.82, 2.24) is 0 Å². The zero-order chi connectivity index (χ0) is 32.5. The molecule has 0 amide bonds. The Hall–Kier alpha value is -5.70. The van der Waals surface area contributed by atoms with Crippen LogP contribution in [0.5, 0.6) is 0 Å². The van der Waals surface area contributed by atoms with E-state index in [1.54, 1.807) is 0 Å². The summed E-state index contributed by atoms with van der Waals surface area (Å²) in [5.41, 5.74) is 8.49. The van der Waals surface area contributed by atoms with E-state index in [0.717, 1.165) is 16.7 Å². The Morgan fingerprint density at radius 1 is 0.327 bits per heavy atom. The lowest BCUT2D eigenvalue weighted by Crippen LogP contribution is -2.12. The number of fused-ring (bicyclic) bond motifs is 12. The van der Waals surface area contributed by atoms with Crippen LogP contribution in [0.4, 0.5) is 4.39 Å². The molecule has 0 N–H and O–H groups in total. The van der Waals surface area contributed by atoms with E-state index in [9.17, 15) is 4.39 Å². The quantitative estimate of drug-likeness (QED) is 0.173. The lowest BCUT2D eigenvalue weighted by molar-refractivity contribution is 0.628. The van der Waals surface area contributed by atoms with Crippen molar-refractivity contribution in [2.24, 2.45) is 0 Å². The summed E-state index contributed by atoms with van der Waals surface area (Å²) in [6.45, 7) is 0. The minimum Gasteiger partial charge on any atom is -0.207 e.